The summed E-state index contributed by atoms with van der Waals surface area (Å²) in [5.41, 5.74) is 0.898. The molecule has 0 bridgehead atoms. The fourth-order valence-corrected chi connectivity index (χ4v) is 1.73. The molecule has 1 aromatic carbocycles. The number of nitrogens with zero attached hydrogens (tertiary/aromatic N) is 1. The lowest BCUT2D eigenvalue weighted by molar-refractivity contribution is -0.00635. The van der Waals surface area contributed by atoms with E-state index in [1.165, 1.54) is 12.1 Å². The summed E-state index contributed by atoms with van der Waals surface area (Å²) in [6, 6.07) is 6.50. The highest BCUT2D eigenvalue weighted by molar-refractivity contribution is 5.15. The Morgan fingerprint density at radius 1 is 1.39 bits per heavy atom. The lowest BCUT2D eigenvalue weighted by atomic mass is 10.2. The van der Waals surface area contributed by atoms with Gasteiger partial charge in [0.1, 0.15) is 5.82 Å². The van der Waals surface area contributed by atoms with Crippen molar-refractivity contribution >= 4 is 0 Å². The largest absolute Gasteiger partial charge is 0.389 e. The van der Waals surface area contributed by atoms with E-state index in [9.17, 15) is 9.50 Å². The molecule has 0 saturated carbocycles. The molecule has 1 atom stereocenters. The molecule has 4 heteroatoms. The molecule has 0 amide bonds. The molecule has 1 rings (SSSR count). The molecule has 0 saturated heterocycles. The van der Waals surface area contributed by atoms with E-state index in [0.717, 1.165) is 5.56 Å². The molecule has 0 aliphatic carbocycles. The van der Waals surface area contributed by atoms with Gasteiger partial charge in [0.2, 0.25) is 0 Å². The first-order chi connectivity index (χ1) is 8.47. The highest BCUT2D eigenvalue weighted by Crippen LogP contribution is 2.06. The van der Waals surface area contributed by atoms with E-state index >= 15 is 0 Å². The zero-order valence-electron chi connectivity index (χ0n) is 11.3. The van der Waals surface area contributed by atoms with Crippen LogP contribution in [0.1, 0.15) is 19.4 Å². The molecule has 1 N–H and O–H groups in total. The molecule has 1 aromatic rings. The Balaban J connectivity index is 2.34. The fourth-order valence-electron chi connectivity index (χ4n) is 1.73. The number of hydrogen-bond acceptors (Lipinski definition) is 3. The third-order valence-corrected chi connectivity index (χ3v) is 2.49. The number of benzene rings is 1. The van der Waals surface area contributed by atoms with Crippen LogP contribution in [0.15, 0.2) is 24.3 Å². The van der Waals surface area contributed by atoms with E-state index in [4.69, 9.17) is 4.74 Å². The molecule has 102 valence electrons. The van der Waals surface area contributed by atoms with Gasteiger partial charge in [-0.1, -0.05) is 12.1 Å². The van der Waals surface area contributed by atoms with Crippen LogP contribution in [0.4, 0.5) is 4.39 Å². The first-order valence-electron chi connectivity index (χ1n) is 6.20. The van der Waals surface area contributed by atoms with Crippen LogP contribution in [0, 0.1) is 5.82 Å². The van der Waals surface area contributed by atoms with Crippen molar-refractivity contribution in [3.05, 3.63) is 35.6 Å². The van der Waals surface area contributed by atoms with Crippen molar-refractivity contribution in [1.82, 2.24) is 4.90 Å². The first kappa shape index (κ1) is 15.1. The molecule has 0 heterocycles. The third-order valence-electron chi connectivity index (χ3n) is 2.49. The lowest BCUT2D eigenvalue weighted by Crippen LogP contribution is -2.32. The number of aliphatic hydroxyl groups is 1. The van der Waals surface area contributed by atoms with Crippen LogP contribution in [-0.2, 0) is 11.3 Å². The van der Waals surface area contributed by atoms with E-state index in [1.54, 1.807) is 6.07 Å². The normalized spacial score (nSPS) is 13.3. The maximum Gasteiger partial charge on any atom is 0.123 e. The van der Waals surface area contributed by atoms with Crippen LogP contribution >= 0.6 is 0 Å². The first-order valence-corrected chi connectivity index (χ1v) is 6.20. The summed E-state index contributed by atoms with van der Waals surface area (Å²) in [4.78, 5) is 1.95. The molecule has 0 spiro atoms. The zero-order valence-corrected chi connectivity index (χ0v) is 11.3. The monoisotopic (exact) mass is 255 g/mol. The number of likely N-dealkylation sites (N-methyl/N-ethyl adjacent to an activating group) is 1. The number of rotatable bonds is 7. The SMILES string of the molecule is CC(C)OCC(O)CN(C)Cc1cccc(F)c1. The van der Waals surface area contributed by atoms with Crippen LogP contribution in [-0.4, -0.2) is 42.4 Å². The predicted molar refractivity (Wildman–Crippen MR) is 69.8 cm³/mol. The minimum absolute atomic E-state index is 0.119. The van der Waals surface area contributed by atoms with Gasteiger partial charge >= 0.3 is 0 Å². The van der Waals surface area contributed by atoms with Gasteiger partial charge in [0, 0.05) is 13.1 Å². The van der Waals surface area contributed by atoms with Crippen molar-refractivity contribution in [2.45, 2.75) is 32.6 Å². The molecule has 18 heavy (non-hydrogen) atoms. The Bertz CT molecular complexity index is 357. The van der Waals surface area contributed by atoms with Crippen molar-refractivity contribution in [3.63, 3.8) is 0 Å². The average Bonchev–Trinajstić information content (AvgIpc) is 2.26. The third kappa shape index (κ3) is 6.10. The van der Waals surface area contributed by atoms with Crippen molar-refractivity contribution in [3.8, 4) is 0 Å². The summed E-state index contributed by atoms with van der Waals surface area (Å²) >= 11 is 0. The van der Waals surface area contributed by atoms with Gasteiger partial charge in [-0.25, -0.2) is 4.39 Å². The maximum atomic E-state index is 13.0. The van der Waals surface area contributed by atoms with Gasteiger partial charge in [-0.05, 0) is 38.6 Å². The Hall–Kier alpha value is -0.970. The molecule has 0 aliphatic rings. The summed E-state index contributed by atoms with van der Waals surface area (Å²) in [5.74, 6) is -0.232. The Kier molecular flexibility index (Phi) is 6.25. The molecular weight excluding hydrogens is 233 g/mol. The maximum absolute atomic E-state index is 13.0. The number of ether oxygens (including phenoxy) is 1. The van der Waals surface area contributed by atoms with Gasteiger partial charge in [0.15, 0.2) is 0 Å². The van der Waals surface area contributed by atoms with Crippen LogP contribution < -0.4 is 0 Å². The van der Waals surface area contributed by atoms with Crippen LogP contribution in [0.25, 0.3) is 0 Å². The van der Waals surface area contributed by atoms with Crippen LogP contribution in [0.5, 0.6) is 0 Å². The summed E-state index contributed by atoms with van der Waals surface area (Å²) in [6.07, 6.45) is -0.404. The minimum Gasteiger partial charge on any atom is -0.389 e. The Morgan fingerprint density at radius 2 is 2.11 bits per heavy atom. The molecule has 0 aromatic heterocycles. The molecule has 0 aliphatic heterocycles. The fraction of sp³-hybridized carbons (Fsp3) is 0.571. The summed E-state index contributed by atoms with van der Waals surface area (Å²) in [6.45, 7) is 5.30. The van der Waals surface area contributed by atoms with Gasteiger partial charge < -0.3 is 9.84 Å². The summed E-state index contributed by atoms with van der Waals surface area (Å²) in [5, 5.41) is 9.76. The molecule has 0 fully saturated rings. The molecular formula is C14H22FNO2. The van der Waals surface area contributed by atoms with Crippen LogP contribution in [0.2, 0.25) is 0 Å². The van der Waals surface area contributed by atoms with Gasteiger partial charge in [-0.2, -0.15) is 0 Å². The van der Waals surface area contributed by atoms with Gasteiger partial charge in [0.25, 0.3) is 0 Å². The second kappa shape index (κ2) is 7.46. The van der Waals surface area contributed by atoms with Gasteiger partial charge in [-0.3, -0.25) is 4.90 Å². The van der Waals surface area contributed by atoms with Crippen LogP contribution in [0.3, 0.4) is 0 Å². The smallest absolute Gasteiger partial charge is 0.123 e. The Morgan fingerprint density at radius 3 is 2.72 bits per heavy atom. The summed E-state index contributed by atoms with van der Waals surface area (Å²) < 4.78 is 18.3. The number of aliphatic hydroxyl groups excluding tert-OH is 1. The van der Waals surface area contributed by atoms with Gasteiger partial charge in [0.05, 0.1) is 18.8 Å². The highest BCUT2D eigenvalue weighted by atomic mass is 19.1. The van der Waals surface area contributed by atoms with Gasteiger partial charge in [-0.15, -0.1) is 0 Å². The van der Waals surface area contributed by atoms with E-state index in [1.807, 2.05) is 31.9 Å². The highest BCUT2D eigenvalue weighted by Gasteiger charge is 2.10. The lowest BCUT2D eigenvalue weighted by Gasteiger charge is -2.21. The molecule has 1 unspecified atom stereocenters. The van der Waals surface area contributed by atoms with Crippen molar-refractivity contribution in [1.29, 1.82) is 0 Å². The van der Waals surface area contributed by atoms with E-state index < -0.39 is 6.10 Å². The topological polar surface area (TPSA) is 32.7 Å². The average molecular weight is 255 g/mol. The zero-order chi connectivity index (χ0) is 13.5. The second-order valence-corrected chi connectivity index (χ2v) is 4.86. The minimum atomic E-state index is -0.522. The number of halogens is 1. The van der Waals surface area contributed by atoms with Crippen molar-refractivity contribution < 1.29 is 14.2 Å². The second-order valence-electron chi connectivity index (χ2n) is 4.86. The Labute approximate surface area is 108 Å². The molecule has 0 radical (unpaired) electrons. The predicted octanol–water partition coefficient (Wildman–Crippen LogP) is 2.04. The standard InChI is InChI=1S/C14H22FNO2/c1-11(2)18-10-14(17)9-16(3)8-12-5-4-6-13(15)7-12/h4-7,11,14,17H,8-10H2,1-3H3. The van der Waals surface area contributed by atoms with E-state index in [0.29, 0.717) is 19.7 Å². The van der Waals surface area contributed by atoms with E-state index in [2.05, 4.69) is 0 Å². The van der Waals surface area contributed by atoms with Crippen molar-refractivity contribution in [2.75, 3.05) is 20.2 Å². The number of hydrogen-bond donors (Lipinski definition) is 1. The summed E-state index contributed by atoms with van der Waals surface area (Å²) in [7, 11) is 1.89. The van der Waals surface area contributed by atoms with E-state index in [-0.39, 0.29) is 11.9 Å². The quantitative estimate of drug-likeness (QED) is 0.809. The van der Waals surface area contributed by atoms with Crippen molar-refractivity contribution in [2.24, 2.45) is 0 Å². The molecule has 3 nitrogen and oxygen atoms in total.